The van der Waals surface area contributed by atoms with Crippen LogP contribution < -0.4 is 10.6 Å². The number of nitrogens with zero attached hydrogens (tertiary/aromatic N) is 1. The lowest BCUT2D eigenvalue weighted by molar-refractivity contribution is -0.127. The van der Waals surface area contributed by atoms with E-state index in [1.807, 2.05) is 30.3 Å². The number of nitrogens with one attached hydrogen (secondary N) is 2. The van der Waals surface area contributed by atoms with E-state index in [9.17, 15) is 14.0 Å². The van der Waals surface area contributed by atoms with Gasteiger partial charge in [0.1, 0.15) is 5.82 Å². The van der Waals surface area contributed by atoms with Crippen molar-refractivity contribution in [2.24, 2.45) is 5.92 Å². The van der Waals surface area contributed by atoms with E-state index in [0.717, 1.165) is 37.1 Å². The normalized spacial score (nSPS) is 15.2. The van der Waals surface area contributed by atoms with E-state index in [1.54, 1.807) is 12.1 Å². The molecule has 5 nitrogen and oxygen atoms in total. The molecule has 148 valence electrons. The van der Waals surface area contributed by atoms with Crippen LogP contribution in [0, 0.1) is 11.7 Å². The molecular weight excluding hydrogens is 357 g/mol. The third-order valence-corrected chi connectivity index (χ3v) is 5.04. The second kappa shape index (κ2) is 9.99. The van der Waals surface area contributed by atoms with Gasteiger partial charge in [0.25, 0.3) is 0 Å². The quantitative estimate of drug-likeness (QED) is 0.772. The maximum Gasteiger partial charge on any atom is 0.234 e. The number of hydrogen-bond donors (Lipinski definition) is 2. The Kier molecular flexibility index (Phi) is 7.14. The molecule has 3 rings (SSSR count). The molecule has 0 unspecified atom stereocenters. The van der Waals surface area contributed by atoms with Crippen LogP contribution in [0.1, 0.15) is 24.0 Å². The van der Waals surface area contributed by atoms with Crippen LogP contribution in [0.4, 0.5) is 4.39 Å². The van der Waals surface area contributed by atoms with Crippen LogP contribution in [0.5, 0.6) is 0 Å². The fraction of sp³-hybridized carbons (Fsp3) is 0.364. The average Bonchev–Trinajstić information content (AvgIpc) is 2.73. The first-order chi connectivity index (χ1) is 13.6. The molecule has 0 radical (unpaired) electrons. The monoisotopic (exact) mass is 383 g/mol. The van der Waals surface area contributed by atoms with Gasteiger partial charge in [-0.2, -0.15) is 0 Å². The second-order valence-electron chi connectivity index (χ2n) is 7.16. The molecule has 1 saturated heterocycles. The Labute approximate surface area is 164 Å². The summed E-state index contributed by atoms with van der Waals surface area (Å²) in [5.74, 6) is -0.292. The number of hydrogen-bond acceptors (Lipinski definition) is 3. The molecular formula is C22H26FN3O2. The van der Waals surface area contributed by atoms with Gasteiger partial charge in [0.05, 0.1) is 6.54 Å². The van der Waals surface area contributed by atoms with Crippen LogP contribution in [0.25, 0.3) is 0 Å². The predicted octanol–water partition coefficient (Wildman–Crippen LogP) is 2.47. The van der Waals surface area contributed by atoms with E-state index in [0.29, 0.717) is 19.6 Å². The van der Waals surface area contributed by atoms with Gasteiger partial charge in [-0.05, 0) is 49.2 Å². The maximum atomic E-state index is 12.9. The minimum absolute atomic E-state index is 0.00284. The fourth-order valence-electron chi connectivity index (χ4n) is 3.34. The van der Waals surface area contributed by atoms with Gasteiger partial charge in [-0.3, -0.25) is 14.5 Å². The maximum absolute atomic E-state index is 12.9. The highest BCUT2D eigenvalue weighted by molar-refractivity contribution is 5.79. The van der Waals surface area contributed by atoms with Gasteiger partial charge in [0.15, 0.2) is 0 Å². The molecule has 1 aliphatic heterocycles. The molecule has 2 aromatic rings. The summed E-state index contributed by atoms with van der Waals surface area (Å²) in [4.78, 5) is 26.6. The van der Waals surface area contributed by atoms with Crippen LogP contribution in [0.15, 0.2) is 54.6 Å². The number of piperidine rings is 1. The van der Waals surface area contributed by atoms with Crippen molar-refractivity contribution in [3.63, 3.8) is 0 Å². The number of benzene rings is 2. The van der Waals surface area contributed by atoms with Crippen LogP contribution in [0.2, 0.25) is 0 Å². The van der Waals surface area contributed by atoms with Crippen LogP contribution >= 0.6 is 0 Å². The van der Waals surface area contributed by atoms with Gasteiger partial charge in [0.2, 0.25) is 11.8 Å². The Bertz CT molecular complexity index is 772. The van der Waals surface area contributed by atoms with Crippen molar-refractivity contribution in [2.75, 3.05) is 19.6 Å². The minimum Gasteiger partial charge on any atom is -0.352 e. The zero-order chi connectivity index (χ0) is 19.8. The topological polar surface area (TPSA) is 61.4 Å². The first-order valence-corrected chi connectivity index (χ1v) is 9.65. The van der Waals surface area contributed by atoms with Crippen molar-refractivity contribution >= 4 is 11.8 Å². The molecule has 0 bridgehead atoms. The highest BCUT2D eigenvalue weighted by Gasteiger charge is 2.25. The minimum atomic E-state index is -0.282. The molecule has 2 aromatic carbocycles. The van der Waals surface area contributed by atoms with Crippen molar-refractivity contribution in [3.05, 3.63) is 71.5 Å². The molecule has 1 heterocycles. The first kappa shape index (κ1) is 20.0. The summed E-state index contributed by atoms with van der Waals surface area (Å²) < 4.78 is 12.9. The van der Waals surface area contributed by atoms with Crippen molar-refractivity contribution in [1.29, 1.82) is 0 Å². The Balaban J connectivity index is 1.34. The molecule has 0 spiro atoms. The van der Waals surface area contributed by atoms with Gasteiger partial charge >= 0.3 is 0 Å². The van der Waals surface area contributed by atoms with Crippen molar-refractivity contribution in [3.8, 4) is 0 Å². The third kappa shape index (κ3) is 6.16. The Morgan fingerprint density at radius 1 is 0.893 bits per heavy atom. The van der Waals surface area contributed by atoms with E-state index in [2.05, 4.69) is 15.5 Å². The van der Waals surface area contributed by atoms with Crippen LogP contribution in [-0.4, -0.2) is 36.3 Å². The predicted molar refractivity (Wildman–Crippen MR) is 106 cm³/mol. The summed E-state index contributed by atoms with van der Waals surface area (Å²) in [6.45, 7) is 2.75. The van der Waals surface area contributed by atoms with Crippen LogP contribution in [0.3, 0.4) is 0 Å². The summed E-state index contributed by atoms with van der Waals surface area (Å²) in [6.07, 6.45) is 1.47. The highest BCUT2D eigenvalue weighted by atomic mass is 19.1. The Hall–Kier alpha value is -2.73. The number of rotatable bonds is 7. The summed E-state index contributed by atoms with van der Waals surface area (Å²) in [5, 5.41) is 5.86. The first-order valence-electron chi connectivity index (χ1n) is 9.65. The number of halogens is 1. The van der Waals surface area contributed by atoms with Crippen molar-refractivity contribution in [2.45, 2.75) is 25.9 Å². The van der Waals surface area contributed by atoms with Gasteiger partial charge in [-0.15, -0.1) is 0 Å². The molecule has 1 fully saturated rings. The molecule has 0 aromatic heterocycles. The smallest absolute Gasteiger partial charge is 0.234 e. The number of likely N-dealkylation sites (tertiary alicyclic amines) is 1. The summed E-state index contributed by atoms with van der Waals surface area (Å²) in [5.41, 5.74) is 1.95. The number of carbonyl (C=O) groups excluding carboxylic acids is 2. The zero-order valence-electron chi connectivity index (χ0n) is 15.9. The lowest BCUT2D eigenvalue weighted by atomic mass is 9.96. The molecule has 2 N–H and O–H groups in total. The van der Waals surface area contributed by atoms with E-state index >= 15 is 0 Å². The van der Waals surface area contributed by atoms with E-state index in [1.165, 1.54) is 12.1 Å². The van der Waals surface area contributed by atoms with E-state index in [-0.39, 0.29) is 23.5 Å². The standard InChI is InChI=1S/C22H26FN3O2/c23-20-8-6-18(7-9-20)15-25-22(28)19-10-12-26(13-11-19)16-21(27)24-14-17-4-2-1-3-5-17/h1-9,19H,10-16H2,(H,24,27)(H,25,28). The Morgan fingerprint density at radius 3 is 2.18 bits per heavy atom. The number of carbonyl (C=O) groups is 2. The molecule has 0 saturated carbocycles. The molecule has 0 aliphatic carbocycles. The summed E-state index contributed by atoms with van der Waals surface area (Å²) in [7, 11) is 0. The third-order valence-electron chi connectivity index (χ3n) is 5.04. The van der Waals surface area contributed by atoms with Gasteiger partial charge in [0, 0.05) is 19.0 Å². The van der Waals surface area contributed by atoms with Crippen molar-refractivity contribution < 1.29 is 14.0 Å². The van der Waals surface area contributed by atoms with Gasteiger partial charge < -0.3 is 10.6 Å². The molecule has 2 amide bonds. The molecule has 6 heteroatoms. The molecule has 0 atom stereocenters. The van der Waals surface area contributed by atoms with E-state index in [4.69, 9.17) is 0 Å². The highest BCUT2D eigenvalue weighted by Crippen LogP contribution is 2.17. The largest absolute Gasteiger partial charge is 0.352 e. The SMILES string of the molecule is O=C(CN1CCC(C(=O)NCc2ccc(F)cc2)CC1)NCc1ccccc1. The number of amides is 2. The Morgan fingerprint density at radius 2 is 1.50 bits per heavy atom. The summed E-state index contributed by atoms with van der Waals surface area (Å²) in [6, 6.07) is 15.9. The van der Waals surface area contributed by atoms with Gasteiger partial charge in [-0.1, -0.05) is 42.5 Å². The van der Waals surface area contributed by atoms with Crippen molar-refractivity contribution in [1.82, 2.24) is 15.5 Å². The molecule has 1 aliphatic rings. The summed E-state index contributed by atoms with van der Waals surface area (Å²) >= 11 is 0. The van der Waals surface area contributed by atoms with Crippen LogP contribution in [-0.2, 0) is 22.7 Å². The average molecular weight is 383 g/mol. The fourth-order valence-corrected chi connectivity index (χ4v) is 3.34. The lowest BCUT2D eigenvalue weighted by Gasteiger charge is -2.30. The molecule has 28 heavy (non-hydrogen) atoms. The second-order valence-corrected chi connectivity index (χ2v) is 7.16. The van der Waals surface area contributed by atoms with E-state index < -0.39 is 0 Å². The zero-order valence-corrected chi connectivity index (χ0v) is 15.9. The lowest BCUT2D eigenvalue weighted by Crippen LogP contribution is -2.44. The van der Waals surface area contributed by atoms with Gasteiger partial charge in [-0.25, -0.2) is 4.39 Å².